The SMILES string of the molecule is Cc1cc(S(=O)(=O)O)ccc1-[n+]1ccc(C(=O)O)[nH]1. The molecule has 0 unspecified atom stereocenters. The molecule has 0 aliphatic rings. The zero-order chi connectivity index (χ0) is 14.2. The first kappa shape index (κ1) is 13.2. The third-order valence-corrected chi connectivity index (χ3v) is 3.44. The molecule has 100 valence electrons. The highest BCUT2D eigenvalue weighted by Gasteiger charge is 2.18. The van der Waals surface area contributed by atoms with Crippen LogP contribution < -0.4 is 4.68 Å². The average Bonchev–Trinajstić information content (AvgIpc) is 2.76. The molecule has 0 bridgehead atoms. The van der Waals surface area contributed by atoms with Gasteiger partial charge in [-0.25, -0.2) is 4.79 Å². The maximum Gasteiger partial charge on any atom is 0.358 e. The van der Waals surface area contributed by atoms with Crippen molar-refractivity contribution in [3.63, 3.8) is 0 Å². The summed E-state index contributed by atoms with van der Waals surface area (Å²) in [5, 5.41) is 11.4. The number of aromatic nitrogens is 2. The van der Waals surface area contributed by atoms with Crippen LogP contribution in [-0.2, 0) is 10.1 Å². The van der Waals surface area contributed by atoms with Crippen molar-refractivity contribution in [3.8, 4) is 5.69 Å². The van der Waals surface area contributed by atoms with Crippen LogP contribution in [0.5, 0.6) is 0 Å². The molecule has 7 nitrogen and oxygen atoms in total. The summed E-state index contributed by atoms with van der Waals surface area (Å²) >= 11 is 0. The lowest BCUT2D eigenvalue weighted by molar-refractivity contribution is -0.655. The van der Waals surface area contributed by atoms with Gasteiger partial charge in [-0.3, -0.25) is 4.55 Å². The van der Waals surface area contributed by atoms with Crippen molar-refractivity contribution in [1.29, 1.82) is 0 Å². The zero-order valence-electron chi connectivity index (χ0n) is 9.86. The number of hydrogen-bond donors (Lipinski definition) is 3. The summed E-state index contributed by atoms with van der Waals surface area (Å²) in [4.78, 5) is 10.6. The predicted octanol–water partition coefficient (Wildman–Crippen LogP) is 0.545. The molecule has 0 saturated heterocycles. The van der Waals surface area contributed by atoms with Crippen molar-refractivity contribution >= 4 is 16.1 Å². The highest BCUT2D eigenvalue weighted by atomic mass is 32.2. The molecule has 1 aromatic carbocycles. The maximum atomic E-state index is 11.0. The van der Waals surface area contributed by atoms with E-state index in [1.54, 1.807) is 6.92 Å². The largest absolute Gasteiger partial charge is 0.476 e. The molecule has 2 rings (SSSR count). The summed E-state index contributed by atoms with van der Waals surface area (Å²) in [6.45, 7) is 1.65. The maximum absolute atomic E-state index is 11.0. The van der Waals surface area contributed by atoms with Gasteiger partial charge in [-0.05, 0) is 19.1 Å². The number of rotatable bonds is 3. The second-order valence-electron chi connectivity index (χ2n) is 3.94. The van der Waals surface area contributed by atoms with Crippen LogP contribution in [0.15, 0.2) is 35.4 Å². The molecule has 1 aromatic heterocycles. The third kappa shape index (κ3) is 2.64. The van der Waals surface area contributed by atoms with E-state index in [2.05, 4.69) is 5.10 Å². The number of H-pyrrole nitrogens is 1. The van der Waals surface area contributed by atoms with E-state index in [-0.39, 0.29) is 10.6 Å². The Morgan fingerprint density at radius 2 is 2.00 bits per heavy atom. The lowest BCUT2D eigenvalue weighted by Gasteiger charge is -2.00. The molecule has 0 atom stereocenters. The van der Waals surface area contributed by atoms with Crippen molar-refractivity contribution in [2.75, 3.05) is 0 Å². The van der Waals surface area contributed by atoms with Gasteiger partial charge in [0.1, 0.15) is 0 Å². The molecule has 0 aliphatic heterocycles. The van der Waals surface area contributed by atoms with E-state index in [1.165, 1.54) is 35.1 Å². The van der Waals surface area contributed by atoms with Crippen LogP contribution in [0.4, 0.5) is 0 Å². The Balaban J connectivity index is 2.49. The number of aromatic amines is 1. The van der Waals surface area contributed by atoms with Gasteiger partial charge in [-0.1, -0.05) is 4.68 Å². The van der Waals surface area contributed by atoms with Crippen molar-refractivity contribution < 1.29 is 27.6 Å². The molecule has 0 radical (unpaired) electrons. The van der Waals surface area contributed by atoms with E-state index < -0.39 is 16.1 Å². The molecule has 0 fully saturated rings. The number of carbonyl (C=O) groups is 1. The second-order valence-corrected chi connectivity index (χ2v) is 5.36. The number of aryl methyl sites for hydroxylation is 1. The van der Waals surface area contributed by atoms with Crippen molar-refractivity contribution in [1.82, 2.24) is 5.10 Å². The highest BCUT2D eigenvalue weighted by molar-refractivity contribution is 7.85. The van der Waals surface area contributed by atoms with Crippen LogP contribution in [0, 0.1) is 6.92 Å². The Morgan fingerprint density at radius 1 is 1.32 bits per heavy atom. The summed E-state index contributed by atoms with van der Waals surface area (Å²) in [6.07, 6.45) is 1.51. The van der Waals surface area contributed by atoms with E-state index in [0.717, 1.165) is 0 Å². The van der Waals surface area contributed by atoms with Gasteiger partial charge >= 0.3 is 5.97 Å². The first-order valence-corrected chi connectivity index (χ1v) is 6.65. The number of hydrogen-bond acceptors (Lipinski definition) is 3. The standard InChI is InChI=1S/C11H10N2O5S/c1-7-6-8(19(16,17)18)2-3-10(7)13-5-4-9(12-13)11(14)15/h2-6H,1H3,(H2,14,15,16,17,18)/p+1. The number of benzene rings is 1. The van der Waals surface area contributed by atoms with Crippen molar-refractivity contribution in [3.05, 3.63) is 41.7 Å². The van der Waals surface area contributed by atoms with Crippen LogP contribution in [0.3, 0.4) is 0 Å². The number of nitrogens with one attached hydrogen (secondary N) is 1. The second kappa shape index (κ2) is 4.48. The first-order valence-electron chi connectivity index (χ1n) is 5.21. The van der Waals surface area contributed by atoms with Gasteiger partial charge in [0.2, 0.25) is 11.9 Å². The van der Waals surface area contributed by atoms with Crippen LogP contribution >= 0.6 is 0 Å². The first-order chi connectivity index (χ1) is 8.79. The summed E-state index contributed by atoms with van der Waals surface area (Å²) in [5.74, 6) is -1.09. The molecule has 0 saturated carbocycles. The smallest absolute Gasteiger partial charge is 0.358 e. The van der Waals surface area contributed by atoms with Gasteiger partial charge in [-0.15, -0.1) is 0 Å². The minimum atomic E-state index is -4.25. The van der Waals surface area contributed by atoms with Gasteiger partial charge < -0.3 is 5.11 Å². The van der Waals surface area contributed by atoms with Gasteiger partial charge in [0, 0.05) is 17.7 Å². The fourth-order valence-corrected chi connectivity index (χ4v) is 2.24. The van der Waals surface area contributed by atoms with Gasteiger partial charge in [0.15, 0.2) is 5.69 Å². The van der Waals surface area contributed by atoms with Gasteiger partial charge in [0.25, 0.3) is 10.1 Å². The fraction of sp³-hybridized carbons (Fsp3) is 0.0909. The Labute approximate surface area is 108 Å². The Bertz CT molecular complexity index is 748. The lowest BCUT2D eigenvalue weighted by Crippen LogP contribution is -2.33. The summed E-state index contributed by atoms with van der Waals surface area (Å²) < 4.78 is 32.4. The molecule has 0 amide bonds. The lowest BCUT2D eigenvalue weighted by atomic mass is 10.2. The van der Waals surface area contributed by atoms with E-state index in [4.69, 9.17) is 9.66 Å². The van der Waals surface area contributed by atoms with Crippen LogP contribution in [0.2, 0.25) is 0 Å². The normalized spacial score (nSPS) is 11.5. The molecular formula is C11H11N2O5S+. The van der Waals surface area contributed by atoms with Gasteiger partial charge in [0.05, 0.1) is 4.90 Å². The topological polar surface area (TPSA) is 111 Å². The van der Waals surface area contributed by atoms with E-state index >= 15 is 0 Å². The number of nitrogens with zero attached hydrogens (tertiary/aromatic N) is 1. The van der Waals surface area contributed by atoms with E-state index in [1.807, 2.05) is 0 Å². The van der Waals surface area contributed by atoms with E-state index in [9.17, 15) is 13.2 Å². The monoisotopic (exact) mass is 283 g/mol. The third-order valence-electron chi connectivity index (χ3n) is 2.59. The average molecular weight is 283 g/mol. The summed E-state index contributed by atoms with van der Waals surface area (Å²) in [6, 6.07) is 5.41. The van der Waals surface area contributed by atoms with Crippen LogP contribution in [0.1, 0.15) is 16.1 Å². The molecule has 2 aromatic rings. The Hall–Kier alpha value is -2.19. The Morgan fingerprint density at radius 3 is 2.47 bits per heavy atom. The van der Waals surface area contributed by atoms with E-state index in [0.29, 0.717) is 11.3 Å². The quantitative estimate of drug-likeness (QED) is 0.562. The highest BCUT2D eigenvalue weighted by Crippen LogP contribution is 2.15. The molecular weight excluding hydrogens is 272 g/mol. The van der Waals surface area contributed by atoms with Crippen molar-refractivity contribution in [2.45, 2.75) is 11.8 Å². The fourth-order valence-electron chi connectivity index (χ4n) is 1.67. The zero-order valence-corrected chi connectivity index (χ0v) is 10.7. The molecule has 19 heavy (non-hydrogen) atoms. The molecule has 8 heteroatoms. The minimum absolute atomic E-state index is 0.0123. The van der Waals surface area contributed by atoms with Gasteiger partial charge in [-0.2, -0.15) is 13.5 Å². The summed E-state index contributed by atoms with van der Waals surface area (Å²) in [7, 11) is -4.25. The molecule has 3 N–H and O–H groups in total. The predicted molar refractivity (Wildman–Crippen MR) is 63.8 cm³/mol. The number of aromatic carboxylic acids is 1. The van der Waals surface area contributed by atoms with Crippen molar-refractivity contribution in [2.24, 2.45) is 0 Å². The number of carboxylic acid groups (broad SMARTS) is 1. The number of carboxylic acids is 1. The molecule has 0 aliphatic carbocycles. The molecule has 1 heterocycles. The Kier molecular flexibility index (Phi) is 3.13. The summed E-state index contributed by atoms with van der Waals surface area (Å²) in [5.41, 5.74) is 1.16. The van der Waals surface area contributed by atoms with Crippen LogP contribution in [-0.4, -0.2) is 29.1 Å². The van der Waals surface area contributed by atoms with Crippen LogP contribution in [0.25, 0.3) is 5.69 Å². The molecule has 0 spiro atoms. The minimum Gasteiger partial charge on any atom is -0.476 e.